The normalized spacial score (nSPS) is 23.8. The van der Waals surface area contributed by atoms with Crippen LogP contribution in [0.25, 0.3) is 5.52 Å². The molecule has 5 N–H and O–H groups in total. The summed E-state index contributed by atoms with van der Waals surface area (Å²) in [6.07, 6.45) is 15.2. The van der Waals surface area contributed by atoms with Gasteiger partial charge in [0.1, 0.15) is 54.2 Å². The van der Waals surface area contributed by atoms with Crippen molar-refractivity contribution in [3.63, 3.8) is 0 Å². The van der Waals surface area contributed by atoms with Gasteiger partial charge < -0.3 is 35.1 Å². The van der Waals surface area contributed by atoms with E-state index < -0.39 is 55.9 Å². The lowest BCUT2D eigenvalue weighted by molar-refractivity contribution is -0.107. The van der Waals surface area contributed by atoms with Crippen molar-refractivity contribution < 1.29 is 47.3 Å². The van der Waals surface area contributed by atoms with Crippen LogP contribution in [0.3, 0.4) is 0 Å². The van der Waals surface area contributed by atoms with E-state index in [0.29, 0.717) is 17.7 Å². The molecule has 1 saturated heterocycles. The van der Waals surface area contributed by atoms with Crippen LogP contribution in [0, 0.1) is 28.5 Å². The molecular weight excluding hydrogens is 806 g/mol. The minimum absolute atomic E-state index is 0.0538. The number of ether oxygens (including phenoxy) is 3. The average molecular weight is 863 g/mol. The van der Waals surface area contributed by atoms with Gasteiger partial charge in [0.15, 0.2) is 11.4 Å². The predicted molar refractivity (Wildman–Crippen MR) is 216 cm³/mol. The van der Waals surface area contributed by atoms with Crippen molar-refractivity contribution in [3.8, 4) is 12.1 Å². The van der Waals surface area contributed by atoms with E-state index in [-0.39, 0.29) is 35.3 Å². The van der Waals surface area contributed by atoms with Crippen LogP contribution in [-0.2, 0) is 40.0 Å². The van der Waals surface area contributed by atoms with Crippen molar-refractivity contribution in [3.05, 3.63) is 58.3 Å². The number of anilines is 1. The third-order valence-electron chi connectivity index (χ3n) is 11.1. The Kier molecular flexibility index (Phi) is 17.5. The second kappa shape index (κ2) is 22.0. The average Bonchev–Trinajstić information content (AvgIpc) is 3.45. The summed E-state index contributed by atoms with van der Waals surface area (Å²) in [5, 5.41) is 45.8. The number of unbranched alkanes of at least 4 members (excludes halogenated alkanes) is 15. The molecule has 18 heteroatoms. The number of nitrogens with zero attached hydrogens (tertiary/aromatic N) is 5. The first-order valence-corrected chi connectivity index (χ1v) is 22.6. The molecule has 0 radical (unpaired) electrons. The highest BCUT2D eigenvalue weighted by molar-refractivity contribution is 7.47. The molecule has 15 nitrogen and oxygen atoms in total. The molecular formula is C41H57ClFN6O9P. The number of rotatable bonds is 28. The first-order chi connectivity index (χ1) is 28.4. The number of aromatic nitrogens is 3. The van der Waals surface area contributed by atoms with Crippen molar-refractivity contribution in [2.24, 2.45) is 0 Å². The lowest BCUT2D eigenvalue weighted by Crippen LogP contribution is -2.47. The highest BCUT2D eigenvalue weighted by Gasteiger charge is 2.83. The Balaban J connectivity index is 1.06. The van der Waals surface area contributed by atoms with Crippen LogP contribution in [-0.4, -0.2) is 79.5 Å². The summed E-state index contributed by atoms with van der Waals surface area (Å²) in [5.74, 6) is -0.694. The molecule has 0 amide bonds. The lowest BCUT2D eigenvalue weighted by Gasteiger charge is -2.29. The third kappa shape index (κ3) is 11.8. The summed E-state index contributed by atoms with van der Waals surface area (Å²) in [6.45, 7) is 1.87. The number of hydrogen-bond donors (Lipinski definition) is 4. The maximum atomic E-state index is 14.4. The maximum absolute atomic E-state index is 14.4. The quantitative estimate of drug-likeness (QED) is 0.0408. The van der Waals surface area contributed by atoms with Crippen molar-refractivity contribution >= 4 is 30.8 Å². The van der Waals surface area contributed by atoms with Gasteiger partial charge in [-0.2, -0.15) is 15.6 Å². The van der Waals surface area contributed by atoms with E-state index >= 15 is 0 Å². The van der Waals surface area contributed by atoms with Gasteiger partial charge in [0, 0.05) is 6.61 Å². The minimum Gasteiger partial charge on any atom is -0.385 e. The molecule has 324 valence electrons. The summed E-state index contributed by atoms with van der Waals surface area (Å²) < 4.78 is 56.9. The highest BCUT2D eigenvalue weighted by atomic mass is 35.5. The van der Waals surface area contributed by atoms with E-state index in [1.165, 1.54) is 99.8 Å². The molecule has 2 fully saturated rings. The molecule has 3 heterocycles. The summed E-state index contributed by atoms with van der Waals surface area (Å²) in [4.78, 5) is 14.6. The van der Waals surface area contributed by atoms with Gasteiger partial charge in [-0.05, 0) is 36.2 Å². The Morgan fingerprint density at radius 2 is 1.64 bits per heavy atom. The number of nitriles is 2. The van der Waals surface area contributed by atoms with Crippen molar-refractivity contribution in [2.75, 3.05) is 25.6 Å². The molecule has 1 aliphatic carbocycles. The maximum Gasteiger partial charge on any atom is 0.472 e. The summed E-state index contributed by atoms with van der Waals surface area (Å²) >= 11 is 5.88. The molecule has 3 aromatic rings. The second-order valence-electron chi connectivity index (χ2n) is 15.5. The Labute approximate surface area is 350 Å². The first-order valence-electron chi connectivity index (χ1n) is 20.7. The molecule has 59 heavy (non-hydrogen) atoms. The van der Waals surface area contributed by atoms with Crippen LogP contribution in [0.1, 0.15) is 126 Å². The van der Waals surface area contributed by atoms with Crippen molar-refractivity contribution in [1.82, 2.24) is 14.6 Å². The predicted octanol–water partition coefficient (Wildman–Crippen LogP) is 7.56. The van der Waals surface area contributed by atoms with E-state index in [1.54, 1.807) is 0 Å². The number of phosphoric ester groups is 1. The molecule has 1 aliphatic heterocycles. The number of nitrogen functional groups attached to an aromatic ring is 1. The van der Waals surface area contributed by atoms with E-state index in [2.05, 4.69) is 17.0 Å². The fraction of sp³-hybridized carbons (Fsp3) is 0.659. The fourth-order valence-corrected chi connectivity index (χ4v) is 8.73. The zero-order chi connectivity index (χ0) is 42.5. The van der Waals surface area contributed by atoms with Gasteiger partial charge in [0.25, 0.3) is 0 Å². The number of hydrogen-bond acceptors (Lipinski definition) is 13. The van der Waals surface area contributed by atoms with Crippen LogP contribution in [0.2, 0.25) is 5.02 Å². The van der Waals surface area contributed by atoms with Crippen molar-refractivity contribution in [2.45, 2.75) is 152 Å². The molecule has 1 aromatic carbocycles. The zero-order valence-electron chi connectivity index (χ0n) is 33.6. The number of benzene rings is 1. The Hall–Kier alpha value is -3.25. The van der Waals surface area contributed by atoms with Crippen LogP contribution in [0.5, 0.6) is 0 Å². The van der Waals surface area contributed by atoms with Crippen LogP contribution < -0.4 is 5.73 Å². The molecule has 0 bridgehead atoms. The number of fused-ring (bicyclic) bond motifs is 2. The van der Waals surface area contributed by atoms with E-state index in [0.717, 1.165) is 38.1 Å². The molecule has 1 saturated carbocycles. The first kappa shape index (κ1) is 46.8. The number of aliphatic hydroxyl groups excluding tert-OH is 1. The van der Waals surface area contributed by atoms with Crippen LogP contribution in [0.15, 0.2) is 30.6 Å². The number of aliphatic hydroxyl groups is 2. The van der Waals surface area contributed by atoms with Gasteiger partial charge in [0.2, 0.25) is 5.60 Å². The van der Waals surface area contributed by atoms with Gasteiger partial charge in [-0.3, -0.25) is 9.05 Å². The second-order valence-corrected chi connectivity index (χ2v) is 17.3. The molecule has 7 atom stereocenters. The smallest absolute Gasteiger partial charge is 0.385 e. The molecule has 2 aliphatic rings. The largest absolute Gasteiger partial charge is 0.472 e. The summed E-state index contributed by atoms with van der Waals surface area (Å²) in [6, 6.07) is 9.19. The monoisotopic (exact) mass is 862 g/mol. The lowest BCUT2D eigenvalue weighted by atomic mass is 9.90. The minimum atomic E-state index is -4.95. The van der Waals surface area contributed by atoms with E-state index in [1.807, 2.05) is 12.1 Å². The molecule has 2 aromatic heterocycles. The van der Waals surface area contributed by atoms with E-state index in [9.17, 15) is 34.6 Å². The molecule has 2 unspecified atom stereocenters. The van der Waals surface area contributed by atoms with Gasteiger partial charge in [-0.1, -0.05) is 115 Å². The van der Waals surface area contributed by atoms with Crippen molar-refractivity contribution in [1.29, 1.82) is 10.5 Å². The van der Waals surface area contributed by atoms with Gasteiger partial charge in [-0.25, -0.2) is 18.5 Å². The van der Waals surface area contributed by atoms with Gasteiger partial charge >= 0.3 is 7.82 Å². The highest BCUT2D eigenvalue weighted by Crippen LogP contribution is 2.63. The summed E-state index contributed by atoms with van der Waals surface area (Å²) in [7, 11) is -4.95. The number of nitrogens with two attached hydrogens (primary N) is 1. The van der Waals surface area contributed by atoms with Crippen LogP contribution >= 0.6 is 19.4 Å². The van der Waals surface area contributed by atoms with Gasteiger partial charge in [-0.15, -0.1) is 0 Å². The SMILES string of the molecule is CCCCCCCCCCCCCCCCCCOC[C@H](COP(=O)(O)OC1[C@H]2O[C@@](C#N)(c3ccc4c(N)ncnn34)[C@H](O)[C@@]12O)OCc1cc(F)c(Cl)c(C#N)c1. The molecule has 5 rings (SSSR count). The van der Waals surface area contributed by atoms with E-state index in [4.69, 9.17) is 40.6 Å². The summed E-state index contributed by atoms with van der Waals surface area (Å²) in [5.41, 5.74) is 2.14. The molecule has 0 spiro atoms. The topological polar surface area (TPSA) is 228 Å². The fourth-order valence-electron chi connectivity index (χ4n) is 7.59. The standard InChI is InChI=1S/C41H57ClFN6O9P/c1-2-3-4-5-6-7-8-9-10-11-12-13-14-15-16-17-20-54-25-31(55-24-29-21-30(23-44)35(42)32(43)22-29)26-56-59(52,53)58-37-36-41(37,51)39(50)40(27-45,57-36)34-19-18-33-38(46)47-28-48-49(33)34/h18-19,21-22,28,31,36-37,39,50-51H,2-17,20,24-26H2,1H3,(H,52,53)(H2,46,47,48)/t31-,36-,37?,39+,40+,41+/m1/s1. The number of halogens is 2. The Morgan fingerprint density at radius 3 is 2.22 bits per heavy atom. The van der Waals surface area contributed by atoms with Gasteiger partial charge in [0.05, 0.1) is 36.1 Å². The Bertz CT molecular complexity index is 1960. The van der Waals surface area contributed by atoms with Crippen LogP contribution in [0.4, 0.5) is 10.2 Å². The zero-order valence-corrected chi connectivity index (χ0v) is 35.3. The third-order valence-corrected chi connectivity index (χ3v) is 12.4. The Morgan fingerprint density at radius 1 is 1.02 bits per heavy atom. The number of phosphoric acid groups is 1.